The number of aryl methyl sites for hydroxylation is 1. The van der Waals surface area contributed by atoms with E-state index in [-0.39, 0.29) is 11.8 Å². The van der Waals surface area contributed by atoms with Gasteiger partial charge in [-0.1, -0.05) is 6.92 Å². The van der Waals surface area contributed by atoms with E-state index < -0.39 is 0 Å². The Kier molecular flexibility index (Phi) is 3.73. The van der Waals surface area contributed by atoms with Crippen molar-refractivity contribution in [3.63, 3.8) is 0 Å². The zero-order valence-electron chi connectivity index (χ0n) is 10.3. The lowest BCUT2D eigenvalue weighted by atomic mass is 9.88. The van der Waals surface area contributed by atoms with Crippen LogP contribution in [0, 0.1) is 11.8 Å². The molecule has 1 fully saturated rings. The van der Waals surface area contributed by atoms with Crippen LogP contribution in [0.25, 0.3) is 0 Å². The minimum Gasteiger partial charge on any atom is -0.355 e. The van der Waals surface area contributed by atoms with Gasteiger partial charge in [0.15, 0.2) is 0 Å². The van der Waals surface area contributed by atoms with Crippen LogP contribution in [0.4, 0.5) is 0 Å². The summed E-state index contributed by atoms with van der Waals surface area (Å²) in [5, 5.41) is 13.9. The number of amides is 1. The monoisotopic (exact) mass is 237 g/mol. The molecule has 1 amide bonds. The maximum absolute atomic E-state index is 11.8. The first-order valence-electron chi connectivity index (χ1n) is 6.00. The van der Waals surface area contributed by atoms with E-state index >= 15 is 0 Å². The van der Waals surface area contributed by atoms with E-state index in [2.05, 4.69) is 20.8 Å². The third-order valence-electron chi connectivity index (χ3n) is 3.39. The Morgan fingerprint density at radius 1 is 1.71 bits per heavy atom. The fourth-order valence-electron chi connectivity index (χ4n) is 1.87. The van der Waals surface area contributed by atoms with E-state index in [0.29, 0.717) is 12.5 Å². The van der Waals surface area contributed by atoms with Crippen LogP contribution in [-0.2, 0) is 18.3 Å². The molecule has 2 N–H and O–H groups in total. The Balaban J connectivity index is 1.71. The lowest BCUT2D eigenvalue weighted by Crippen LogP contribution is -2.49. The van der Waals surface area contributed by atoms with Crippen molar-refractivity contribution in [2.75, 3.05) is 19.6 Å². The van der Waals surface area contributed by atoms with Gasteiger partial charge in [0.1, 0.15) is 12.2 Å². The zero-order chi connectivity index (χ0) is 12.3. The van der Waals surface area contributed by atoms with E-state index in [4.69, 9.17) is 0 Å². The highest BCUT2D eigenvalue weighted by atomic mass is 16.1. The van der Waals surface area contributed by atoms with Crippen molar-refractivity contribution >= 4 is 5.91 Å². The molecule has 1 aromatic heterocycles. The van der Waals surface area contributed by atoms with Crippen LogP contribution < -0.4 is 10.6 Å². The molecule has 2 rings (SSSR count). The summed E-state index contributed by atoms with van der Waals surface area (Å²) >= 11 is 0. The molecular formula is C11H19N5O. The van der Waals surface area contributed by atoms with Crippen LogP contribution in [0.2, 0.25) is 0 Å². The van der Waals surface area contributed by atoms with Crippen LogP contribution >= 0.6 is 0 Å². The summed E-state index contributed by atoms with van der Waals surface area (Å²) in [4.78, 5) is 11.8. The number of rotatable bonds is 5. The average Bonchev–Trinajstić information content (AvgIpc) is 2.61. The number of aromatic nitrogens is 3. The first-order chi connectivity index (χ1) is 8.18. The van der Waals surface area contributed by atoms with E-state index in [1.807, 2.05) is 18.5 Å². The highest BCUT2D eigenvalue weighted by Crippen LogP contribution is 2.15. The Labute approximate surface area is 101 Å². The predicted molar refractivity (Wildman–Crippen MR) is 63.2 cm³/mol. The van der Waals surface area contributed by atoms with Gasteiger partial charge in [0.05, 0.1) is 0 Å². The molecule has 6 heteroatoms. The van der Waals surface area contributed by atoms with Crippen LogP contribution in [0.3, 0.4) is 0 Å². The average molecular weight is 237 g/mol. The Bertz CT molecular complexity index is 385. The van der Waals surface area contributed by atoms with Gasteiger partial charge in [-0.25, -0.2) is 0 Å². The number of nitrogens with zero attached hydrogens (tertiary/aromatic N) is 3. The van der Waals surface area contributed by atoms with Crippen molar-refractivity contribution in [2.24, 2.45) is 18.9 Å². The topological polar surface area (TPSA) is 71.8 Å². The summed E-state index contributed by atoms with van der Waals surface area (Å²) in [5.74, 6) is 1.61. The molecule has 0 bridgehead atoms. The number of carbonyl (C=O) groups excluding carboxylic acids is 1. The Morgan fingerprint density at radius 3 is 3.00 bits per heavy atom. The predicted octanol–water partition coefficient (Wildman–Crippen LogP) is -0.671. The highest BCUT2D eigenvalue weighted by molar-refractivity contribution is 5.78. The first kappa shape index (κ1) is 12.0. The maximum atomic E-state index is 11.8. The fraction of sp³-hybridized carbons (Fsp3) is 0.727. The molecule has 1 atom stereocenters. The highest BCUT2D eigenvalue weighted by Gasteiger charge is 2.28. The Hall–Kier alpha value is -1.43. The summed E-state index contributed by atoms with van der Waals surface area (Å²) < 4.78 is 1.87. The molecule has 0 spiro atoms. The maximum Gasteiger partial charge on any atom is 0.223 e. The van der Waals surface area contributed by atoms with Crippen molar-refractivity contribution in [2.45, 2.75) is 13.3 Å². The molecule has 0 radical (unpaired) electrons. The zero-order valence-corrected chi connectivity index (χ0v) is 10.3. The van der Waals surface area contributed by atoms with Crippen LogP contribution in [0.15, 0.2) is 6.33 Å². The molecule has 17 heavy (non-hydrogen) atoms. The molecule has 0 aromatic carbocycles. The summed E-state index contributed by atoms with van der Waals surface area (Å²) in [7, 11) is 1.90. The summed E-state index contributed by atoms with van der Waals surface area (Å²) in [5.41, 5.74) is 0. The van der Waals surface area contributed by atoms with Gasteiger partial charge >= 0.3 is 0 Å². The number of carbonyl (C=O) groups is 1. The van der Waals surface area contributed by atoms with Crippen molar-refractivity contribution in [1.82, 2.24) is 25.4 Å². The number of nitrogens with one attached hydrogen (secondary N) is 2. The van der Waals surface area contributed by atoms with Gasteiger partial charge in [-0.2, -0.15) is 0 Å². The van der Waals surface area contributed by atoms with Crippen molar-refractivity contribution in [3.05, 3.63) is 12.2 Å². The molecule has 1 saturated heterocycles. The second kappa shape index (κ2) is 5.27. The minimum atomic E-state index is 0.0933. The third kappa shape index (κ3) is 2.82. The molecule has 0 aliphatic carbocycles. The largest absolute Gasteiger partial charge is 0.355 e. The summed E-state index contributed by atoms with van der Waals surface area (Å²) in [6.07, 6.45) is 2.39. The van der Waals surface area contributed by atoms with Gasteiger partial charge < -0.3 is 15.2 Å². The van der Waals surface area contributed by atoms with Gasteiger partial charge in [0.25, 0.3) is 0 Å². The lowest BCUT2D eigenvalue weighted by Gasteiger charge is -2.31. The van der Waals surface area contributed by atoms with Gasteiger partial charge in [-0.05, 0) is 19.0 Å². The molecule has 2 heterocycles. The van der Waals surface area contributed by atoms with Gasteiger partial charge in [-0.3, -0.25) is 4.79 Å². The lowest BCUT2D eigenvalue weighted by molar-refractivity contribution is -0.126. The number of hydrogen-bond acceptors (Lipinski definition) is 4. The minimum absolute atomic E-state index is 0.0933. The van der Waals surface area contributed by atoms with Gasteiger partial charge in [0, 0.05) is 25.9 Å². The second-order valence-corrected chi connectivity index (χ2v) is 4.61. The van der Waals surface area contributed by atoms with E-state index in [1.165, 1.54) is 0 Å². The molecule has 1 aromatic rings. The van der Waals surface area contributed by atoms with Gasteiger partial charge in [0.2, 0.25) is 5.91 Å². The summed E-state index contributed by atoms with van der Waals surface area (Å²) in [6.45, 7) is 4.52. The molecule has 1 unspecified atom stereocenters. The van der Waals surface area contributed by atoms with Crippen LogP contribution in [0.1, 0.15) is 12.7 Å². The molecule has 6 nitrogen and oxygen atoms in total. The molecular weight excluding hydrogens is 218 g/mol. The smallest absolute Gasteiger partial charge is 0.223 e. The normalized spacial score (nSPS) is 17.5. The Morgan fingerprint density at radius 2 is 2.47 bits per heavy atom. The van der Waals surface area contributed by atoms with Crippen molar-refractivity contribution in [3.8, 4) is 0 Å². The van der Waals surface area contributed by atoms with E-state index in [0.717, 1.165) is 25.3 Å². The third-order valence-corrected chi connectivity index (χ3v) is 3.39. The first-order valence-corrected chi connectivity index (χ1v) is 6.00. The van der Waals surface area contributed by atoms with Crippen molar-refractivity contribution < 1.29 is 4.79 Å². The SMILES string of the molecule is CC(C(=O)NCCc1nncn1C)C1CNC1. The quantitative estimate of drug-likeness (QED) is 0.712. The van der Waals surface area contributed by atoms with Crippen LogP contribution in [-0.4, -0.2) is 40.3 Å². The van der Waals surface area contributed by atoms with E-state index in [9.17, 15) is 4.79 Å². The van der Waals surface area contributed by atoms with Crippen LogP contribution in [0.5, 0.6) is 0 Å². The molecule has 1 aliphatic heterocycles. The standard InChI is InChI=1S/C11H19N5O/c1-8(9-5-12-6-9)11(17)13-4-3-10-15-14-7-16(10)2/h7-9,12H,3-6H2,1-2H3,(H,13,17). The van der Waals surface area contributed by atoms with Crippen molar-refractivity contribution in [1.29, 1.82) is 0 Å². The van der Waals surface area contributed by atoms with E-state index in [1.54, 1.807) is 6.33 Å². The fourth-order valence-corrected chi connectivity index (χ4v) is 1.87. The summed E-state index contributed by atoms with van der Waals surface area (Å²) in [6, 6.07) is 0. The molecule has 94 valence electrons. The second-order valence-electron chi connectivity index (χ2n) is 4.61. The molecule has 0 saturated carbocycles. The molecule has 1 aliphatic rings. The van der Waals surface area contributed by atoms with Gasteiger partial charge in [-0.15, -0.1) is 10.2 Å². The number of hydrogen-bond donors (Lipinski definition) is 2.